The Hall–Kier alpha value is -3.48. The van der Waals surface area contributed by atoms with E-state index in [0.717, 1.165) is 42.6 Å². The van der Waals surface area contributed by atoms with Crippen LogP contribution in [0.1, 0.15) is 48.6 Å². The molecule has 0 spiro atoms. The topological polar surface area (TPSA) is 88.3 Å². The summed E-state index contributed by atoms with van der Waals surface area (Å²) in [6.45, 7) is 3.65. The Morgan fingerprint density at radius 3 is 2.53 bits per heavy atom. The van der Waals surface area contributed by atoms with Crippen LogP contribution in [0.25, 0.3) is 11.4 Å². The van der Waals surface area contributed by atoms with Gasteiger partial charge in [0.25, 0.3) is 0 Å². The second-order valence-electron chi connectivity index (χ2n) is 9.41. The summed E-state index contributed by atoms with van der Waals surface area (Å²) in [5, 5.41) is 7.37. The number of hydrogen-bond acceptors (Lipinski definition) is 5. The molecule has 5 rings (SSSR count). The molecule has 1 N–H and O–H groups in total. The van der Waals surface area contributed by atoms with Gasteiger partial charge in [0, 0.05) is 30.6 Å². The minimum Gasteiger partial charge on any atom is -0.352 e. The van der Waals surface area contributed by atoms with Crippen molar-refractivity contribution >= 4 is 11.8 Å². The molecule has 1 saturated carbocycles. The van der Waals surface area contributed by atoms with Crippen LogP contribution in [0.4, 0.5) is 0 Å². The highest BCUT2D eigenvalue weighted by Crippen LogP contribution is 2.40. The average Bonchev–Trinajstić information content (AvgIpc) is 3.62. The molecule has 7 nitrogen and oxygen atoms in total. The molecule has 2 heterocycles. The van der Waals surface area contributed by atoms with E-state index in [2.05, 4.69) is 15.5 Å². The number of nitrogens with zero attached hydrogens (tertiary/aromatic N) is 3. The SMILES string of the molecule is Cc1ccccc1CC(=O)N[C@H]1C[C@H](C(=O)N2CCCC2)C[C@H]1c1nc(-c2ccccc2)no1. The number of nitrogens with one attached hydrogen (secondary N) is 1. The van der Waals surface area contributed by atoms with Gasteiger partial charge in [0.2, 0.25) is 23.5 Å². The first-order valence-electron chi connectivity index (χ1n) is 12.1. The zero-order valence-electron chi connectivity index (χ0n) is 19.4. The minimum atomic E-state index is -0.225. The van der Waals surface area contributed by atoms with Gasteiger partial charge in [-0.25, -0.2) is 0 Å². The van der Waals surface area contributed by atoms with Gasteiger partial charge in [0.05, 0.1) is 12.3 Å². The fourth-order valence-corrected chi connectivity index (χ4v) is 5.20. The molecule has 2 aliphatic rings. The fourth-order valence-electron chi connectivity index (χ4n) is 5.20. The quantitative estimate of drug-likeness (QED) is 0.606. The first-order valence-corrected chi connectivity index (χ1v) is 12.1. The van der Waals surface area contributed by atoms with E-state index < -0.39 is 0 Å². The molecule has 0 radical (unpaired) electrons. The molecule has 3 atom stereocenters. The van der Waals surface area contributed by atoms with Crippen molar-refractivity contribution in [2.24, 2.45) is 5.92 Å². The molecule has 1 aliphatic heterocycles. The second kappa shape index (κ2) is 9.79. The van der Waals surface area contributed by atoms with E-state index in [-0.39, 0.29) is 29.7 Å². The van der Waals surface area contributed by atoms with Crippen molar-refractivity contribution in [2.45, 2.75) is 51.0 Å². The summed E-state index contributed by atoms with van der Waals surface area (Å²) in [4.78, 5) is 32.8. The lowest BCUT2D eigenvalue weighted by atomic mass is 10.0. The normalized spacial score (nSPS) is 22.1. The molecule has 1 saturated heterocycles. The zero-order chi connectivity index (χ0) is 23.5. The number of likely N-dealkylation sites (tertiary alicyclic amines) is 1. The van der Waals surface area contributed by atoms with Crippen molar-refractivity contribution < 1.29 is 14.1 Å². The number of benzene rings is 2. The van der Waals surface area contributed by atoms with Gasteiger partial charge in [-0.2, -0.15) is 4.98 Å². The van der Waals surface area contributed by atoms with Gasteiger partial charge in [-0.3, -0.25) is 9.59 Å². The Morgan fingerprint density at radius 2 is 1.76 bits per heavy atom. The third kappa shape index (κ3) is 4.74. The Balaban J connectivity index is 1.35. The molecule has 7 heteroatoms. The van der Waals surface area contributed by atoms with E-state index in [1.165, 1.54) is 0 Å². The summed E-state index contributed by atoms with van der Waals surface area (Å²) >= 11 is 0. The van der Waals surface area contributed by atoms with Crippen LogP contribution < -0.4 is 5.32 Å². The van der Waals surface area contributed by atoms with Gasteiger partial charge in [-0.1, -0.05) is 59.8 Å². The first-order chi connectivity index (χ1) is 16.6. The molecule has 2 fully saturated rings. The molecular weight excluding hydrogens is 428 g/mol. The van der Waals surface area contributed by atoms with Crippen molar-refractivity contribution in [3.63, 3.8) is 0 Å². The molecule has 3 aromatic rings. The summed E-state index contributed by atoms with van der Waals surface area (Å²) in [5.74, 6) is 0.787. The number of carbonyl (C=O) groups is 2. The summed E-state index contributed by atoms with van der Waals surface area (Å²) in [6.07, 6.45) is 3.61. The predicted octanol–water partition coefficient (Wildman–Crippen LogP) is 3.89. The van der Waals surface area contributed by atoms with Crippen molar-refractivity contribution in [1.82, 2.24) is 20.4 Å². The lowest BCUT2D eigenvalue weighted by Crippen LogP contribution is -2.38. The van der Waals surface area contributed by atoms with Gasteiger partial charge >= 0.3 is 0 Å². The van der Waals surface area contributed by atoms with Crippen LogP contribution in [0.5, 0.6) is 0 Å². The number of aryl methyl sites for hydroxylation is 1. The minimum absolute atomic E-state index is 0.0543. The first kappa shape index (κ1) is 22.3. The zero-order valence-corrected chi connectivity index (χ0v) is 19.4. The highest BCUT2D eigenvalue weighted by Gasteiger charge is 2.43. The lowest BCUT2D eigenvalue weighted by molar-refractivity contribution is -0.134. The smallest absolute Gasteiger partial charge is 0.232 e. The third-order valence-corrected chi connectivity index (χ3v) is 7.08. The van der Waals surface area contributed by atoms with Gasteiger partial charge in [0.15, 0.2) is 0 Å². The molecule has 2 aromatic carbocycles. The summed E-state index contributed by atoms with van der Waals surface area (Å²) in [7, 11) is 0. The maximum Gasteiger partial charge on any atom is 0.232 e. The number of carbonyl (C=O) groups excluding carboxylic acids is 2. The highest BCUT2D eigenvalue weighted by molar-refractivity contribution is 5.81. The summed E-state index contributed by atoms with van der Waals surface area (Å²) in [5.41, 5.74) is 2.97. The number of amides is 2. The van der Waals surface area contributed by atoms with Gasteiger partial charge in [0.1, 0.15) is 0 Å². The lowest BCUT2D eigenvalue weighted by Gasteiger charge is -2.20. The highest BCUT2D eigenvalue weighted by atomic mass is 16.5. The molecule has 34 heavy (non-hydrogen) atoms. The monoisotopic (exact) mass is 458 g/mol. The van der Waals surface area contributed by atoms with Gasteiger partial charge in [-0.05, 0) is 43.7 Å². The number of aromatic nitrogens is 2. The van der Waals surface area contributed by atoms with Crippen LogP contribution in [-0.4, -0.2) is 46.0 Å². The van der Waals surface area contributed by atoms with Crippen LogP contribution in [0.15, 0.2) is 59.1 Å². The molecule has 0 bridgehead atoms. The van der Waals surface area contributed by atoms with Gasteiger partial charge in [-0.15, -0.1) is 0 Å². The fraction of sp³-hybridized carbons (Fsp3) is 0.407. The van der Waals surface area contributed by atoms with Crippen molar-refractivity contribution in [2.75, 3.05) is 13.1 Å². The van der Waals surface area contributed by atoms with Crippen molar-refractivity contribution in [3.8, 4) is 11.4 Å². The Bertz CT molecular complexity index is 1150. The number of rotatable bonds is 6. The molecule has 2 amide bonds. The third-order valence-electron chi connectivity index (χ3n) is 7.08. The largest absolute Gasteiger partial charge is 0.352 e. The van der Waals surface area contributed by atoms with Crippen LogP contribution in [0.2, 0.25) is 0 Å². The second-order valence-corrected chi connectivity index (χ2v) is 9.41. The maximum absolute atomic E-state index is 13.2. The maximum atomic E-state index is 13.2. The van der Waals surface area contributed by atoms with Crippen LogP contribution >= 0.6 is 0 Å². The summed E-state index contributed by atoms with van der Waals surface area (Å²) in [6, 6.07) is 17.4. The van der Waals surface area contributed by atoms with E-state index in [0.29, 0.717) is 31.0 Å². The molecule has 0 unspecified atom stereocenters. The average molecular weight is 459 g/mol. The molecule has 1 aliphatic carbocycles. The Morgan fingerprint density at radius 1 is 1.03 bits per heavy atom. The van der Waals surface area contributed by atoms with Gasteiger partial charge < -0.3 is 14.7 Å². The standard InChI is InChI=1S/C27H30N4O3/c1-18-9-5-6-12-20(18)17-24(32)28-23-16-21(27(33)31-13-7-8-14-31)15-22(23)26-29-25(30-34-26)19-10-3-2-4-11-19/h2-6,9-12,21-23H,7-8,13-17H2,1H3,(H,28,32)/t21-,22-,23+/m1/s1. The Kier molecular flexibility index (Phi) is 6.43. The van der Waals surface area contributed by atoms with E-state index in [1.54, 1.807) is 0 Å². The van der Waals surface area contributed by atoms with E-state index in [1.807, 2.05) is 66.4 Å². The van der Waals surface area contributed by atoms with Crippen LogP contribution in [0, 0.1) is 12.8 Å². The van der Waals surface area contributed by atoms with Crippen LogP contribution in [0.3, 0.4) is 0 Å². The Labute approximate surface area is 199 Å². The van der Waals surface area contributed by atoms with Crippen molar-refractivity contribution in [1.29, 1.82) is 0 Å². The summed E-state index contributed by atoms with van der Waals surface area (Å²) < 4.78 is 5.67. The van der Waals surface area contributed by atoms with E-state index in [9.17, 15) is 9.59 Å². The molecule has 1 aromatic heterocycles. The molecular formula is C27H30N4O3. The van der Waals surface area contributed by atoms with E-state index in [4.69, 9.17) is 4.52 Å². The molecule has 176 valence electrons. The van der Waals surface area contributed by atoms with E-state index >= 15 is 0 Å². The predicted molar refractivity (Wildman–Crippen MR) is 128 cm³/mol. The van der Waals surface area contributed by atoms with Crippen molar-refractivity contribution in [3.05, 3.63) is 71.6 Å². The number of hydrogen-bond donors (Lipinski definition) is 1. The van der Waals surface area contributed by atoms with Crippen LogP contribution in [-0.2, 0) is 16.0 Å².